The fourth-order valence-corrected chi connectivity index (χ4v) is 2.82. The fraction of sp³-hybridized carbons (Fsp3) is 0.600. The smallest absolute Gasteiger partial charge is 0.234 e. The zero-order valence-corrected chi connectivity index (χ0v) is 22.9. The molecule has 2 aromatic heterocycles. The van der Waals surface area contributed by atoms with Crippen LogP contribution in [0.5, 0.6) is 5.88 Å². The van der Waals surface area contributed by atoms with E-state index in [1.165, 1.54) is 24.8 Å². The van der Waals surface area contributed by atoms with E-state index < -0.39 is 11.6 Å². The number of nitrogens with two attached hydrogens (primary N) is 2. The molecule has 12 nitrogen and oxygen atoms in total. The van der Waals surface area contributed by atoms with Crippen LogP contribution in [0.4, 0.5) is 11.6 Å². The van der Waals surface area contributed by atoms with E-state index in [-0.39, 0.29) is 45.8 Å². The zero-order chi connectivity index (χ0) is 24.5. The van der Waals surface area contributed by atoms with Crippen molar-refractivity contribution in [2.75, 3.05) is 37.9 Å². The van der Waals surface area contributed by atoms with Gasteiger partial charge in [0, 0.05) is 0 Å². The van der Waals surface area contributed by atoms with Gasteiger partial charge >= 0.3 is 0 Å². The maximum atomic E-state index is 8.59. The van der Waals surface area contributed by atoms with Gasteiger partial charge in [0.05, 0.1) is 44.6 Å². The Kier molecular flexibility index (Phi) is 14.7. The molecule has 0 saturated carbocycles. The number of aliphatic hydroxyl groups excluding tert-OH is 1. The van der Waals surface area contributed by atoms with Crippen LogP contribution in [-0.2, 0) is 18.9 Å². The van der Waals surface area contributed by atoms with E-state index in [0.29, 0.717) is 42.5 Å². The highest BCUT2D eigenvalue weighted by atomic mass is 35.5. The molecule has 35 heavy (non-hydrogen) atoms. The second kappa shape index (κ2) is 15.5. The van der Waals surface area contributed by atoms with Crippen molar-refractivity contribution >= 4 is 50.2 Å². The average molecular weight is 555 g/mol. The summed E-state index contributed by atoms with van der Waals surface area (Å²) in [5, 5.41) is 8.92. The third-order valence-corrected chi connectivity index (χ3v) is 4.19. The Balaban J connectivity index is 0.000000523. The van der Waals surface area contributed by atoms with E-state index in [2.05, 4.69) is 19.9 Å². The molecule has 0 bridgehead atoms. The van der Waals surface area contributed by atoms with Crippen LogP contribution in [0.3, 0.4) is 0 Å². The van der Waals surface area contributed by atoms with Crippen molar-refractivity contribution in [2.24, 2.45) is 0 Å². The predicted octanol–water partition coefficient (Wildman–Crippen LogP) is 1.66. The van der Waals surface area contributed by atoms with Gasteiger partial charge < -0.3 is 40.3 Å². The van der Waals surface area contributed by atoms with Gasteiger partial charge in [-0.05, 0) is 27.7 Å². The summed E-state index contributed by atoms with van der Waals surface area (Å²) in [5.74, 6) is 0.0512. The molecule has 2 aliphatic heterocycles. The molecule has 4 rings (SSSR count). The van der Waals surface area contributed by atoms with Crippen molar-refractivity contribution in [2.45, 2.75) is 51.5 Å². The number of aromatic nitrogens is 4. The van der Waals surface area contributed by atoms with Crippen LogP contribution >= 0.6 is 38.6 Å². The molecule has 2 fully saturated rings. The highest BCUT2D eigenvalue weighted by molar-refractivity contribution is 7.59. The first-order valence-corrected chi connectivity index (χ1v) is 10.5. The summed E-state index contributed by atoms with van der Waals surface area (Å²) >= 11 is 5.39. The lowest BCUT2D eigenvalue weighted by molar-refractivity contribution is -0.142. The minimum Gasteiger partial charge on any atom is -0.474 e. The first kappa shape index (κ1) is 33.4. The molecule has 2 atom stereocenters. The van der Waals surface area contributed by atoms with Gasteiger partial charge in [0.25, 0.3) is 0 Å². The summed E-state index contributed by atoms with van der Waals surface area (Å²) in [6, 6.07) is 0. The fourth-order valence-electron chi connectivity index (χ4n) is 2.66. The maximum Gasteiger partial charge on any atom is 0.234 e. The summed E-state index contributed by atoms with van der Waals surface area (Å²) in [4.78, 5) is 15.2. The number of rotatable bonds is 4. The maximum absolute atomic E-state index is 8.59. The summed E-state index contributed by atoms with van der Waals surface area (Å²) in [6.45, 7) is 8.85. The van der Waals surface area contributed by atoms with Gasteiger partial charge in [0.1, 0.15) is 35.6 Å². The van der Waals surface area contributed by atoms with E-state index in [0.717, 1.165) is 0 Å². The number of hydrogen-bond donors (Lipinski definition) is 3. The van der Waals surface area contributed by atoms with E-state index in [1.807, 2.05) is 27.7 Å². The first-order chi connectivity index (χ1) is 15.5. The van der Waals surface area contributed by atoms with Crippen molar-refractivity contribution in [1.82, 2.24) is 19.9 Å². The Labute approximate surface area is 223 Å². The monoisotopic (exact) mass is 554 g/mol. The van der Waals surface area contributed by atoms with Crippen LogP contribution in [-0.4, -0.2) is 75.3 Å². The van der Waals surface area contributed by atoms with Crippen LogP contribution in [0.2, 0.25) is 5.15 Å². The largest absolute Gasteiger partial charge is 0.474 e. The molecular formula is C20H35ClN6O6S2. The Hall–Kier alpha value is -1.65. The van der Waals surface area contributed by atoms with Crippen LogP contribution in [0.25, 0.3) is 0 Å². The lowest BCUT2D eigenvalue weighted by Gasteiger charge is -2.17. The molecule has 0 radical (unpaired) electrons. The molecular weight excluding hydrogens is 520 g/mol. The number of ether oxygens (including phenoxy) is 5. The summed E-state index contributed by atoms with van der Waals surface area (Å²) in [5.41, 5.74) is 10.7. The number of nitrogens with zero attached hydrogens (tertiary/aromatic N) is 4. The first-order valence-electron chi connectivity index (χ1n) is 10.2. The van der Waals surface area contributed by atoms with Gasteiger partial charge in [-0.15, -0.1) is 0 Å². The Morgan fingerprint density at radius 1 is 0.914 bits per heavy atom. The summed E-state index contributed by atoms with van der Waals surface area (Å²) in [7, 11) is 0. The summed E-state index contributed by atoms with van der Waals surface area (Å²) < 4.78 is 26.8. The lowest BCUT2D eigenvalue weighted by Crippen LogP contribution is -2.25. The average Bonchev–Trinajstić information content (AvgIpc) is 3.27. The van der Waals surface area contributed by atoms with E-state index >= 15 is 0 Å². The van der Waals surface area contributed by atoms with E-state index in [4.69, 9.17) is 51.9 Å². The molecule has 0 spiro atoms. The van der Waals surface area contributed by atoms with E-state index in [9.17, 15) is 0 Å². The third-order valence-electron chi connectivity index (χ3n) is 4.01. The van der Waals surface area contributed by atoms with Crippen LogP contribution in [0, 0.1) is 0 Å². The second-order valence-corrected chi connectivity index (χ2v) is 8.33. The van der Waals surface area contributed by atoms with Gasteiger partial charge in [-0.3, -0.25) is 9.97 Å². The van der Waals surface area contributed by atoms with Crippen molar-refractivity contribution in [1.29, 1.82) is 0 Å². The molecule has 0 aromatic carbocycles. The van der Waals surface area contributed by atoms with Crippen molar-refractivity contribution in [3.05, 3.63) is 29.9 Å². The predicted molar refractivity (Wildman–Crippen MR) is 141 cm³/mol. The van der Waals surface area contributed by atoms with E-state index in [1.54, 1.807) is 0 Å². The normalized spacial score (nSPS) is 21.2. The van der Waals surface area contributed by atoms with Crippen LogP contribution < -0.4 is 16.2 Å². The minimum absolute atomic E-state index is 0. The number of halogens is 1. The second-order valence-electron chi connectivity index (χ2n) is 7.94. The van der Waals surface area contributed by atoms with Gasteiger partial charge in [0.2, 0.25) is 5.88 Å². The number of hydrogen-bond acceptors (Lipinski definition) is 12. The topological polar surface area (TPSA) is 170 Å². The van der Waals surface area contributed by atoms with Crippen LogP contribution in [0.15, 0.2) is 24.8 Å². The standard InChI is InChI=1S/C10H15N3O3.C6H12O3.C4H4ClN3.2H2S/c1-10(2)15-6-7(16-10)5-14-9-4-12-3-8(11)13-9;1-6(2)8-4-5(3-7)9-6;5-3-1-7-2-4(6)8-3;;/h3-4,7H,5-6H2,1-2H3,(H2,11,13);5,7H,3-4H2,1-2H3;1-2H,(H2,6,8);2*1H2/t7-;5-;;;/m00.../s1. The Bertz CT molecular complexity index is 868. The zero-order valence-electron chi connectivity index (χ0n) is 20.1. The molecule has 15 heteroatoms. The highest BCUT2D eigenvalue weighted by Crippen LogP contribution is 2.23. The lowest BCUT2D eigenvalue weighted by atomic mass is 10.4. The van der Waals surface area contributed by atoms with Gasteiger partial charge in [-0.25, -0.2) is 4.98 Å². The molecule has 0 aliphatic carbocycles. The third kappa shape index (κ3) is 13.3. The number of aliphatic hydroxyl groups is 1. The number of nitrogen functional groups attached to an aromatic ring is 2. The molecule has 0 unspecified atom stereocenters. The minimum atomic E-state index is -0.532. The van der Waals surface area contributed by atoms with Gasteiger partial charge in [-0.2, -0.15) is 32.0 Å². The van der Waals surface area contributed by atoms with Gasteiger partial charge in [0.15, 0.2) is 11.6 Å². The molecule has 2 aromatic rings. The van der Waals surface area contributed by atoms with Crippen molar-refractivity contribution in [3.63, 3.8) is 0 Å². The Morgan fingerprint density at radius 2 is 1.43 bits per heavy atom. The summed E-state index contributed by atoms with van der Waals surface area (Å²) in [6.07, 6.45) is 5.63. The van der Waals surface area contributed by atoms with Crippen molar-refractivity contribution < 1.29 is 28.8 Å². The number of anilines is 2. The molecule has 5 N–H and O–H groups in total. The molecule has 2 aliphatic rings. The molecule has 200 valence electrons. The van der Waals surface area contributed by atoms with Crippen LogP contribution in [0.1, 0.15) is 27.7 Å². The van der Waals surface area contributed by atoms with Crippen molar-refractivity contribution in [3.8, 4) is 5.88 Å². The molecule has 4 heterocycles. The molecule has 2 saturated heterocycles. The molecule has 0 amide bonds. The highest BCUT2D eigenvalue weighted by Gasteiger charge is 2.33. The quantitative estimate of drug-likeness (QED) is 0.500. The SMILES string of the molecule is CC1(C)OC[C@H](CO)O1.CC1(C)OC[C@H](COc2cncc(N)n2)O1.Nc1cncc(Cl)n1.S.S. The van der Waals surface area contributed by atoms with Gasteiger partial charge in [-0.1, -0.05) is 11.6 Å². The Morgan fingerprint density at radius 3 is 1.80 bits per heavy atom.